The lowest BCUT2D eigenvalue weighted by atomic mass is 9.83. The van der Waals surface area contributed by atoms with Crippen molar-refractivity contribution in [2.45, 2.75) is 135 Å². The van der Waals surface area contributed by atoms with Crippen LogP contribution in [0, 0.1) is 18.8 Å². The Balaban J connectivity index is 1.33. The lowest BCUT2D eigenvalue weighted by Gasteiger charge is -2.31. The SMILES string of the molecule is CCC(C)[C@H](NC(=O)C[C@H](O)[C@H](CC1CCCCC1)NC(=O)CCNC(=O)[C@H](Cc1ccccc1)NC(=O)N1CCC(N)CC1)C(=O)NCc1cnc(C)nc1N. The first-order valence-corrected chi connectivity index (χ1v) is 20.6. The number of rotatable bonds is 19. The van der Waals surface area contributed by atoms with E-state index in [1.807, 2.05) is 44.2 Å². The molecule has 1 aliphatic carbocycles. The fourth-order valence-corrected chi connectivity index (χ4v) is 7.40. The monoisotopic (exact) mass is 793 g/mol. The number of nitrogens with one attached hydrogen (secondary N) is 5. The van der Waals surface area contributed by atoms with Gasteiger partial charge in [-0.2, -0.15) is 0 Å². The number of aryl methyl sites for hydroxylation is 1. The third-order valence-corrected chi connectivity index (χ3v) is 11.2. The number of nitrogens with two attached hydrogens (primary N) is 2. The van der Waals surface area contributed by atoms with Gasteiger partial charge in [0.05, 0.1) is 18.6 Å². The summed E-state index contributed by atoms with van der Waals surface area (Å²) in [6, 6.07) is 6.65. The van der Waals surface area contributed by atoms with Gasteiger partial charge in [-0.1, -0.05) is 82.7 Å². The molecule has 2 aliphatic rings. The first-order chi connectivity index (χ1) is 27.3. The molecule has 4 rings (SSSR count). The van der Waals surface area contributed by atoms with Crippen LogP contribution in [0.1, 0.15) is 101 Å². The number of nitrogens with zero attached hydrogens (tertiary/aromatic N) is 3. The van der Waals surface area contributed by atoms with E-state index in [1.54, 1.807) is 18.0 Å². The van der Waals surface area contributed by atoms with E-state index in [2.05, 4.69) is 36.6 Å². The summed E-state index contributed by atoms with van der Waals surface area (Å²) in [5.74, 6) is -0.886. The molecule has 57 heavy (non-hydrogen) atoms. The number of piperidine rings is 1. The number of nitrogen functional groups attached to an aromatic ring is 1. The minimum Gasteiger partial charge on any atom is -0.390 e. The van der Waals surface area contributed by atoms with Crippen molar-refractivity contribution in [3.63, 3.8) is 0 Å². The summed E-state index contributed by atoms with van der Waals surface area (Å²) in [6.45, 7) is 6.60. The van der Waals surface area contributed by atoms with Crippen molar-refractivity contribution in [1.29, 1.82) is 0 Å². The van der Waals surface area contributed by atoms with Crippen LogP contribution in [0.4, 0.5) is 10.6 Å². The molecule has 16 heteroatoms. The average Bonchev–Trinajstić information content (AvgIpc) is 3.19. The number of aliphatic hydroxyl groups is 1. The topological polar surface area (TPSA) is 247 Å². The van der Waals surface area contributed by atoms with Gasteiger partial charge < -0.3 is 48.1 Å². The second-order valence-corrected chi connectivity index (χ2v) is 15.7. The van der Waals surface area contributed by atoms with Crippen LogP contribution in [0.5, 0.6) is 0 Å². The fraction of sp³-hybridized carbons (Fsp3) is 0.634. The molecule has 10 N–H and O–H groups in total. The first-order valence-electron chi connectivity index (χ1n) is 20.6. The molecule has 1 aromatic carbocycles. The normalized spacial score (nSPS) is 17.7. The number of benzene rings is 1. The molecule has 1 saturated heterocycles. The first kappa shape index (κ1) is 44.9. The highest BCUT2D eigenvalue weighted by atomic mass is 16.3. The zero-order valence-electron chi connectivity index (χ0n) is 33.8. The number of carbonyl (C=O) groups excluding carboxylic acids is 5. The number of anilines is 1. The van der Waals surface area contributed by atoms with Crippen molar-refractivity contribution in [3.8, 4) is 0 Å². The fourth-order valence-electron chi connectivity index (χ4n) is 7.40. The van der Waals surface area contributed by atoms with Crippen molar-refractivity contribution in [3.05, 3.63) is 53.5 Å². The molecule has 2 heterocycles. The molecule has 314 valence electrons. The van der Waals surface area contributed by atoms with Gasteiger partial charge in [0.1, 0.15) is 23.7 Å². The van der Waals surface area contributed by atoms with Crippen molar-refractivity contribution in [2.24, 2.45) is 17.6 Å². The van der Waals surface area contributed by atoms with E-state index in [0.717, 1.165) is 37.7 Å². The summed E-state index contributed by atoms with van der Waals surface area (Å²) in [4.78, 5) is 76.5. The van der Waals surface area contributed by atoms with Crippen molar-refractivity contribution in [1.82, 2.24) is 41.5 Å². The maximum Gasteiger partial charge on any atom is 0.318 e. The average molecular weight is 793 g/mol. The Kier molecular flexibility index (Phi) is 17.9. The zero-order valence-corrected chi connectivity index (χ0v) is 33.8. The van der Waals surface area contributed by atoms with E-state index in [0.29, 0.717) is 50.2 Å². The van der Waals surface area contributed by atoms with Crippen LogP contribution in [-0.2, 0) is 32.1 Å². The molecule has 1 aliphatic heterocycles. The highest BCUT2D eigenvalue weighted by Crippen LogP contribution is 2.28. The Hall–Kier alpha value is -4.83. The van der Waals surface area contributed by atoms with Crippen molar-refractivity contribution in [2.75, 3.05) is 25.4 Å². The van der Waals surface area contributed by atoms with Crippen molar-refractivity contribution < 1.29 is 29.1 Å². The Bertz CT molecular complexity index is 1620. The highest BCUT2D eigenvalue weighted by Gasteiger charge is 2.31. The van der Waals surface area contributed by atoms with Crippen molar-refractivity contribution >= 4 is 35.5 Å². The lowest BCUT2D eigenvalue weighted by Crippen LogP contribution is -2.54. The van der Waals surface area contributed by atoms with E-state index < -0.39 is 42.0 Å². The summed E-state index contributed by atoms with van der Waals surface area (Å²) in [7, 11) is 0. The Morgan fingerprint density at radius 3 is 2.30 bits per heavy atom. The standard InChI is InChI=1S/C41H64N10O6/c1-4-26(2)37(40(56)46-25-30-24-45-27(3)47-38(30)43)50-36(54)23-34(52)32(21-28-11-7-5-8-12-28)48-35(53)15-18-44-39(55)33(22-29-13-9-6-10-14-29)49-41(57)51-19-16-31(42)17-20-51/h6,9-10,13-14,24,26,28,31-34,37,52H,4-5,7-8,11-12,15-23,25,42H2,1-3H3,(H,44,55)(H,46,56)(H,48,53)(H,49,57)(H,50,54)(H2,43,45,47)/t26?,32-,33-,34-,37-/m0/s1. The van der Waals surface area contributed by atoms with Gasteiger partial charge in [0, 0.05) is 56.8 Å². The minimum absolute atomic E-state index is 0.00316. The largest absolute Gasteiger partial charge is 0.390 e. The van der Waals surface area contributed by atoms with Gasteiger partial charge in [-0.15, -0.1) is 0 Å². The maximum atomic E-state index is 13.4. The molecular formula is C41H64N10O6. The summed E-state index contributed by atoms with van der Waals surface area (Å²) >= 11 is 0. The molecule has 2 fully saturated rings. The number of hydrogen-bond donors (Lipinski definition) is 8. The van der Waals surface area contributed by atoms with Crippen LogP contribution in [0.3, 0.4) is 0 Å². The van der Waals surface area contributed by atoms with E-state index in [4.69, 9.17) is 11.5 Å². The molecule has 5 atom stereocenters. The molecule has 0 bridgehead atoms. The number of aliphatic hydroxyl groups excluding tert-OH is 1. The smallest absolute Gasteiger partial charge is 0.318 e. The Morgan fingerprint density at radius 1 is 0.930 bits per heavy atom. The zero-order chi connectivity index (χ0) is 41.3. The Morgan fingerprint density at radius 2 is 1.63 bits per heavy atom. The van der Waals surface area contributed by atoms with Gasteiger partial charge in [0.2, 0.25) is 23.6 Å². The van der Waals surface area contributed by atoms with Crippen LogP contribution in [0.15, 0.2) is 36.5 Å². The molecule has 1 unspecified atom stereocenters. The summed E-state index contributed by atoms with van der Waals surface area (Å²) in [5, 5.41) is 25.7. The number of likely N-dealkylation sites (tertiary alicyclic amines) is 1. The van der Waals surface area contributed by atoms with Crippen LogP contribution in [0.25, 0.3) is 0 Å². The number of aromatic nitrogens is 2. The van der Waals surface area contributed by atoms with Crippen LogP contribution < -0.4 is 38.1 Å². The predicted octanol–water partition coefficient (Wildman–Crippen LogP) is 1.97. The quantitative estimate of drug-likeness (QED) is 0.103. The second kappa shape index (κ2) is 22.8. The van der Waals surface area contributed by atoms with Gasteiger partial charge in [-0.25, -0.2) is 14.8 Å². The molecule has 16 nitrogen and oxygen atoms in total. The maximum absolute atomic E-state index is 13.4. The molecule has 2 aromatic rings. The predicted molar refractivity (Wildman–Crippen MR) is 217 cm³/mol. The van der Waals surface area contributed by atoms with Gasteiger partial charge in [-0.3, -0.25) is 19.2 Å². The molecule has 1 saturated carbocycles. The number of urea groups is 1. The third kappa shape index (κ3) is 14.9. The third-order valence-electron chi connectivity index (χ3n) is 11.2. The number of amides is 6. The molecular weight excluding hydrogens is 729 g/mol. The van der Waals surface area contributed by atoms with Gasteiger partial charge in [-0.05, 0) is 43.6 Å². The van der Waals surface area contributed by atoms with Crippen LogP contribution in [-0.4, -0.2) is 99.5 Å². The highest BCUT2D eigenvalue weighted by molar-refractivity contribution is 5.89. The molecule has 6 amide bonds. The van der Waals surface area contributed by atoms with E-state index in [-0.39, 0.29) is 68.0 Å². The Labute approximate surface area is 336 Å². The van der Waals surface area contributed by atoms with Gasteiger partial charge in [0.25, 0.3) is 0 Å². The minimum atomic E-state index is -1.22. The molecule has 0 spiro atoms. The summed E-state index contributed by atoms with van der Waals surface area (Å²) < 4.78 is 0. The van der Waals surface area contributed by atoms with Gasteiger partial charge >= 0.3 is 6.03 Å². The number of hydrogen-bond acceptors (Lipinski definition) is 10. The summed E-state index contributed by atoms with van der Waals surface area (Å²) in [6.07, 6.45) is 7.89. The second-order valence-electron chi connectivity index (χ2n) is 15.7. The van der Waals surface area contributed by atoms with Crippen LogP contribution in [0.2, 0.25) is 0 Å². The lowest BCUT2D eigenvalue weighted by molar-refractivity contribution is -0.132. The molecule has 0 radical (unpaired) electrons. The summed E-state index contributed by atoms with van der Waals surface area (Å²) in [5.41, 5.74) is 13.4. The van der Waals surface area contributed by atoms with E-state index in [9.17, 15) is 29.1 Å². The number of carbonyl (C=O) groups is 5. The van der Waals surface area contributed by atoms with Gasteiger partial charge in [0.15, 0.2) is 0 Å². The van der Waals surface area contributed by atoms with E-state index in [1.165, 1.54) is 0 Å². The van der Waals surface area contributed by atoms with E-state index >= 15 is 0 Å². The van der Waals surface area contributed by atoms with Crippen LogP contribution >= 0.6 is 0 Å². The molecule has 1 aromatic heterocycles.